The van der Waals surface area contributed by atoms with E-state index in [1.54, 1.807) is 24.1 Å². The van der Waals surface area contributed by atoms with Gasteiger partial charge < -0.3 is 14.7 Å². The molecule has 0 aromatic heterocycles. The zero-order valence-electron chi connectivity index (χ0n) is 13.9. The lowest BCUT2D eigenvalue weighted by Gasteiger charge is -2.21. The Morgan fingerprint density at radius 3 is 2.79 bits per heavy atom. The van der Waals surface area contributed by atoms with Gasteiger partial charge in [-0.1, -0.05) is 12.1 Å². The summed E-state index contributed by atoms with van der Waals surface area (Å²) in [5, 5.41) is 9.45. The summed E-state index contributed by atoms with van der Waals surface area (Å²) >= 11 is 0. The van der Waals surface area contributed by atoms with Crippen LogP contribution in [0.1, 0.15) is 11.5 Å². The zero-order valence-corrected chi connectivity index (χ0v) is 13.9. The SMILES string of the molecule is COCCN(C)CC(=O)N1C[C@@H](C(=O)O)[C@H](c2cccc(F)c2)C1. The van der Waals surface area contributed by atoms with E-state index < -0.39 is 23.6 Å². The van der Waals surface area contributed by atoms with Crippen molar-refractivity contribution in [2.45, 2.75) is 5.92 Å². The van der Waals surface area contributed by atoms with Crippen LogP contribution >= 0.6 is 0 Å². The summed E-state index contributed by atoms with van der Waals surface area (Å²) in [5.74, 6) is -2.61. The van der Waals surface area contributed by atoms with Crippen LogP contribution in [-0.4, -0.2) is 73.7 Å². The Hall–Kier alpha value is -1.99. The van der Waals surface area contributed by atoms with Crippen molar-refractivity contribution >= 4 is 11.9 Å². The smallest absolute Gasteiger partial charge is 0.308 e. The van der Waals surface area contributed by atoms with Crippen LogP contribution in [0, 0.1) is 11.7 Å². The van der Waals surface area contributed by atoms with Gasteiger partial charge in [0.1, 0.15) is 5.82 Å². The molecule has 0 bridgehead atoms. The maximum Gasteiger partial charge on any atom is 0.308 e. The molecule has 1 amide bonds. The molecular formula is C17H23FN2O4. The lowest BCUT2D eigenvalue weighted by molar-refractivity contribution is -0.141. The molecule has 0 saturated carbocycles. The minimum absolute atomic E-state index is 0.126. The van der Waals surface area contributed by atoms with Gasteiger partial charge in [0.05, 0.1) is 19.1 Å². The number of halogens is 1. The standard InChI is InChI=1S/C17H23FN2O4/c1-19(6-7-24-2)11-16(21)20-9-14(15(10-20)17(22)23)12-4-3-5-13(18)8-12/h3-5,8,14-15H,6-7,9-11H2,1-2H3,(H,22,23)/t14-,15+/m0/s1. The van der Waals surface area contributed by atoms with E-state index in [-0.39, 0.29) is 25.5 Å². The van der Waals surface area contributed by atoms with Crippen molar-refractivity contribution in [3.63, 3.8) is 0 Å². The van der Waals surface area contributed by atoms with E-state index in [4.69, 9.17) is 4.74 Å². The van der Waals surface area contributed by atoms with Gasteiger partial charge in [0.15, 0.2) is 0 Å². The molecule has 0 spiro atoms. The lowest BCUT2D eigenvalue weighted by atomic mass is 9.89. The number of methoxy groups -OCH3 is 1. The molecule has 24 heavy (non-hydrogen) atoms. The molecule has 1 aromatic carbocycles. The van der Waals surface area contributed by atoms with Crippen LogP contribution in [0.2, 0.25) is 0 Å². The van der Waals surface area contributed by atoms with Crippen molar-refractivity contribution in [1.82, 2.24) is 9.80 Å². The number of aliphatic carboxylic acids is 1. The van der Waals surface area contributed by atoms with Crippen LogP contribution in [0.4, 0.5) is 4.39 Å². The first-order valence-electron chi connectivity index (χ1n) is 7.86. The Labute approximate surface area is 140 Å². The number of rotatable bonds is 7. The third kappa shape index (κ3) is 4.52. The monoisotopic (exact) mass is 338 g/mol. The number of hydrogen-bond acceptors (Lipinski definition) is 4. The van der Waals surface area contributed by atoms with Crippen molar-refractivity contribution in [1.29, 1.82) is 0 Å². The van der Waals surface area contributed by atoms with Gasteiger partial charge in [-0.05, 0) is 24.7 Å². The summed E-state index contributed by atoms with van der Waals surface area (Å²) < 4.78 is 18.4. The maximum atomic E-state index is 13.4. The minimum Gasteiger partial charge on any atom is -0.481 e. The third-order valence-electron chi connectivity index (χ3n) is 4.35. The van der Waals surface area contributed by atoms with Crippen molar-refractivity contribution in [2.24, 2.45) is 5.92 Å². The number of likely N-dealkylation sites (tertiary alicyclic amines) is 1. The molecule has 1 fully saturated rings. The number of carboxylic acid groups (broad SMARTS) is 1. The van der Waals surface area contributed by atoms with Crippen molar-refractivity contribution in [2.75, 3.05) is 46.9 Å². The number of likely N-dealkylation sites (N-methyl/N-ethyl adjacent to an activating group) is 1. The molecule has 6 nitrogen and oxygen atoms in total. The van der Waals surface area contributed by atoms with E-state index in [0.29, 0.717) is 18.7 Å². The first-order chi connectivity index (χ1) is 11.4. The number of ether oxygens (including phenoxy) is 1. The Morgan fingerprint density at radius 1 is 1.42 bits per heavy atom. The molecule has 0 unspecified atom stereocenters. The molecule has 0 radical (unpaired) electrons. The number of benzene rings is 1. The molecule has 1 N–H and O–H groups in total. The van der Waals surface area contributed by atoms with Crippen LogP contribution in [0.3, 0.4) is 0 Å². The predicted octanol–water partition coefficient (Wildman–Crippen LogP) is 1.03. The molecule has 1 aliphatic rings. The largest absolute Gasteiger partial charge is 0.481 e. The minimum atomic E-state index is -0.965. The molecule has 1 aromatic rings. The number of carbonyl (C=O) groups is 2. The van der Waals surface area contributed by atoms with Crippen molar-refractivity contribution in [3.05, 3.63) is 35.6 Å². The van der Waals surface area contributed by atoms with Gasteiger partial charge in [-0.15, -0.1) is 0 Å². The molecule has 1 saturated heterocycles. The fraction of sp³-hybridized carbons (Fsp3) is 0.529. The van der Waals surface area contributed by atoms with E-state index in [9.17, 15) is 19.1 Å². The van der Waals surface area contributed by atoms with Crippen molar-refractivity contribution in [3.8, 4) is 0 Å². The highest BCUT2D eigenvalue weighted by Gasteiger charge is 2.40. The molecule has 7 heteroatoms. The Balaban J connectivity index is 2.06. The average molecular weight is 338 g/mol. The van der Waals surface area contributed by atoms with E-state index in [1.807, 2.05) is 11.9 Å². The maximum absolute atomic E-state index is 13.4. The molecule has 2 rings (SSSR count). The van der Waals surface area contributed by atoms with Gasteiger partial charge in [-0.2, -0.15) is 0 Å². The first kappa shape index (κ1) is 18.4. The van der Waals surface area contributed by atoms with E-state index in [1.165, 1.54) is 12.1 Å². The summed E-state index contributed by atoms with van der Waals surface area (Å²) in [6.45, 7) is 1.77. The number of amides is 1. The highest BCUT2D eigenvalue weighted by Crippen LogP contribution is 2.33. The number of hydrogen-bond donors (Lipinski definition) is 1. The van der Waals surface area contributed by atoms with Gasteiger partial charge in [0.25, 0.3) is 0 Å². The van der Waals surface area contributed by atoms with Gasteiger partial charge >= 0.3 is 5.97 Å². The predicted molar refractivity (Wildman–Crippen MR) is 86.2 cm³/mol. The van der Waals surface area contributed by atoms with Crippen LogP contribution in [0.25, 0.3) is 0 Å². The Bertz CT molecular complexity index is 596. The van der Waals surface area contributed by atoms with Gasteiger partial charge in [-0.3, -0.25) is 14.5 Å². The second-order valence-corrected chi connectivity index (χ2v) is 6.14. The normalized spacial score (nSPS) is 20.6. The van der Waals surface area contributed by atoms with Crippen LogP contribution in [-0.2, 0) is 14.3 Å². The summed E-state index contributed by atoms with van der Waals surface area (Å²) in [6.07, 6.45) is 0. The van der Waals surface area contributed by atoms with Crippen molar-refractivity contribution < 1.29 is 23.8 Å². The number of carboxylic acids is 1. The quantitative estimate of drug-likeness (QED) is 0.804. The molecule has 2 atom stereocenters. The van der Waals surface area contributed by atoms with Gasteiger partial charge in [0, 0.05) is 32.7 Å². The molecule has 1 heterocycles. The van der Waals surface area contributed by atoms with E-state index in [2.05, 4.69) is 0 Å². The summed E-state index contributed by atoms with van der Waals surface area (Å²) in [4.78, 5) is 27.3. The first-order valence-corrected chi connectivity index (χ1v) is 7.86. The molecule has 1 aliphatic heterocycles. The molecule has 132 valence electrons. The highest BCUT2D eigenvalue weighted by atomic mass is 19.1. The van der Waals surface area contributed by atoms with Crippen LogP contribution in [0.5, 0.6) is 0 Å². The van der Waals surface area contributed by atoms with E-state index in [0.717, 1.165) is 0 Å². The second-order valence-electron chi connectivity index (χ2n) is 6.14. The summed E-state index contributed by atoms with van der Waals surface area (Å²) in [5.41, 5.74) is 0.616. The third-order valence-corrected chi connectivity index (χ3v) is 4.35. The highest BCUT2D eigenvalue weighted by molar-refractivity contribution is 5.81. The van der Waals surface area contributed by atoms with Gasteiger partial charge in [-0.25, -0.2) is 4.39 Å². The number of nitrogens with zero attached hydrogens (tertiary/aromatic N) is 2. The van der Waals surface area contributed by atoms with E-state index >= 15 is 0 Å². The average Bonchev–Trinajstić information content (AvgIpc) is 2.98. The van der Waals surface area contributed by atoms with Crippen LogP contribution in [0.15, 0.2) is 24.3 Å². The number of carbonyl (C=O) groups excluding carboxylic acids is 1. The summed E-state index contributed by atoms with van der Waals surface area (Å²) in [6, 6.07) is 5.94. The molecular weight excluding hydrogens is 315 g/mol. The fourth-order valence-electron chi connectivity index (χ4n) is 2.99. The molecule has 0 aliphatic carbocycles. The second kappa shape index (κ2) is 8.21. The summed E-state index contributed by atoms with van der Waals surface area (Å²) in [7, 11) is 3.41. The topological polar surface area (TPSA) is 70.1 Å². The lowest BCUT2D eigenvalue weighted by Crippen LogP contribution is -2.39. The zero-order chi connectivity index (χ0) is 17.7. The van der Waals surface area contributed by atoms with Gasteiger partial charge in [0.2, 0.25) is 5.91 Å². The Kier molecular flexibility index (Phi) is 6.28. The fourth-order valence-corrected chi connectivity index (χ4v) is 2.99. The Morgan fingerprint density at radius 2 is 2.17 bits per heavy atom. The van der Waals surface area contributed by atoms with Crippen LogP contribution < -0.4 is 0 Å².